The van der Waals surface area contributed by atoms with Crippen molar-refractivity contribution >= 4 is 65.7 Å². The summed E-state index contributed by atoms with van der Waals surface area (Å²) < 4.78 is 24.0. The van der Waals surface area contributed by atoms with Crippen LogP contribution in [-0.2, 0) is 6.54 Å². The van der Waals surface area contributed by atoms with E-state index in [0.29, 0.717) is 29.7 Å². The van der Waals surface area contributed by atoms with Crippen LogP contribution < -0.4 is 34.3 Å². The second-order valence-electron chi connectivity index (χ2n) is 12.7. The maximum Gasteiger partial charge on any atom is 0.224 e. The van der Waals surface area contributed by atoms with E-state index in [9.17, 15) is 0 Å². The molecule has 1 N–H and O–H groups in total. The lowest BCUT2D eigenvalue weighted by Gasteiger charge is -2.49. The average molecular weight is 773 g/mol. The molecule has 2 fully saturated rings. The Balaban J connectivity index is 0.00000281. The van der Waals surface area contributed by atoms with Crippen LogP contribution in [0.4, 0.5) is 11.6 Å². The minimum absolute atomic E-state index is 0. The van der Waals surface area contributed by atoms with Crippen molar-refractivity contribution in [1.82, 2.24) is 30.2 Å². The molecule has 274 valence electrons. The molecular formula is C34H46Cl4N8O4. The van der Waals surface area contributed by atoms with Gasteiger partial charge >= 0.3 is 0 Å². The number of ether oxygens (including phenoxy) is 4. The molecule has 0 radical (unpaired) electrons. The quantitative estimate of drug-likeness (QED) is 0.166. The van der Waals surface area contributed by atoms with Gasteiger partial charge in [-0.25, -0.2) is 9.97 Å². The normalized spacial score (nSPS) is 17.4. The Morgan fingerprint density at radius 2 is 1.44 bits per heavy atom. The first-order valence-corrected chi connectivity index (χ1v) is 17.3. The van der Waals surface area contributed by atoms with Crippen molar-refractivity contribution in [2.24, 2.45) is 0 Å². The molecule has 3 aliphatic rings. The van der Waals surface area contributed by atoms with Crippen molar-refractivity contribution in [1.29, 1.82) is 0 Å². The number of nitrogens with zero attached hydrogens (tertiary/aromatic N) is 7. The highest BCUT2D eigenvalue weighted by Gasteiger charge is 2.38. The van der Waals surface area contributed by atoms with Gasteiger partial charge in [-0.2, -0.15) is 9.97 Å². The van der Waals surface area contributed by atoms with Crippen LogP contribution in [-0.4, -0.2) is 89.5 Å². The van der Waals surface area contributed by atoms with Crippen LogP contribution in [0, 0.1) is 0 Å². The van der Waals surface area contributed by atoms with E-state index in [1.165, 1.54) is 5.56 Å². The van der Waals surface area contributed by atoms with E-state index in [4.69, 9.17) is 52.1 Å². The van der Waals surface area contributed by atoms with Gasteiger partial charge in [-0.05, 0) is 107 Å². The van der Waals surface area contributed by atoms with E-state index >= 15 is 0 Å². The minimum Gasteiger partial charge on any atom is -0.491 e. The number of hydrogen-bond acceptors (Lipinski definition) is 12. The first-order chi connectivity index (χ1) is 23.2. The largest absolute Gasteiger partial charge is 0.491 e. The lowest BCUT2D eigenvalue weighted by molar-refractivity contribution is 0.149. The summed E-state index contributed by atoms with van der Waals surface area (Å²) in [5, 5.41) is 8.11. The standard InChI is InChI=1S/C34H44Cl2N8O4.2ClH/c1-6-47-26-18-22(17-23-7-12-34(2,3)48-29(23)26)21-42-15-10-25(11-16-42)44(31-28(46-5)20-39-33(36)41-31)43(24-8-13-37-14-9-24)30-27(45-4)19-38-32(35)40-30;;/h7,12,17-20,24-25,37H,6,8-11,13-16,21H2,1-5H3;2*1H. The Bertz CT molecular complexity index is 1620. The SMILES string of the molecule is CCOc1cc(CN2CCC(N(c3nc(Cl)ncc3OC)N(c3nc(Cl)ncc3OC)C3CCNCC3)CC2)cc2c1OC(C)(C)C=C2.Cl.Cl. The second kappa shape index (κ2) is 17.5. The lowest BCUT2D eigenvalue weighted by atomic mass is 9.99. The molecule has 0 spiro atoms. The molecule has 6 rings (SSSR count). The monoisotopic (exact) mass is 770 g/mol. The van der Waals surface area contributed by atoms with Crippen LogP contribution in [0.2, 0.25) is 10.6 Å². The van der Waals surface area contributed by atoms with Crippen molar-refractivity contribution in [3.63, 3.8) is 0 Å². The summed E-state index contributed by atoms with van der Waals surface area (Å²) in [6.07, 6.45) is 10.9. The van der Waals surface area contributed by atoms with E-state index in [-0.39, 0.29) is 53.1 Å². The molecular weight excluding hydrogens is 726 g/mol. The highest BCUT2D eigenvalue weighted by atomic mass is 35.5. The van der Waals surface area contributed by atoms with Crippen molar-refractivity contribution < 1.29 is 18.9 Å². The third kappa shape index (κ3) is 8.89. The zero-order valence-corrected chi connectivity index (χ0v) is 32.2. The summed E-state index contributed by atoms with van der Waals surface area (Å²) >= 11 is 12.9. The van der Waals surface area contributed by atoms with Crippen molar-refractivity contribution in [3.8, 4) is 23.0 Å². The molecule has 0 amide bonds. The number of halogens is 4. The van der Waals surface area contributed by atoms with E-state index in [1.807, 2.05) is 6.92 Å². The van der Waals surface area contributed by atoms with Crippen molar-refractivity contribution in [2.45, 2.75) is 70.7 Å². The zero-order valence-electron chi connectivity index (χ0n) is 29.0. The van der Waals surface area contributed by atoms with Gasteiger partial charge in [-0.3, -0.25) is 14.9 Å². The molecule has 3 aromatic rings. The number of likely N-dealkylation sites (tertiary alicyclic amines) is 1. The summed E-state index contributed by atoms with van der Waals surface area (Å²) in [6.45, 7) is 10.9. The molecule has 16 heteroatoms. The number of methoxy groups -OCH3 is 2. The summed E-state index contributed by atoms with van der Waals surface area (Å²) in [5.74, 6) is 3.75. The highest BCUT2D eigenvalue weighted by Crippen LogP contribution is 2.42. The van der Waals surface area contributed by atoms with Crippen LogP contribution in [0.15, 0.2) is 30.6 Å². The van der Waals surface area contributed by atoms with E-state index < -0.39 is 0 Å². The summed E-state index contributed by atoms with van der Waals surface area (Å²) in [5.41, 5.74) is 1.84. The molecule has 0 atom stereocenters. The number of anilines is 2. The van der Waals surface area contributed by atoms with Crippen LogP contribution in [0.1, 0.15) is 57.6 Å². The lowest BCUT2D eigenvalue weighted by Crippen LogP contribution is -2.59. The van der Waals surface area contributed by atoms with E-state index in [1.54, 1.807) is 26.6 Å². The summed E-state index contributed by atoms with van der Waals surface area (Å²) in [4.78, 5) is 20.4. The summed E-state index contributed by atoms with van der Waals surface area (Å²) in [7, 11) is 3.23. The van der Waals surface area contributed by atoms with Crippen LogP contribution in [0.25, 0.3) is 6.08 Å². The van der Waals surface area contributed by atoms with Gasteiger partial charge in [0.05, 0.1) is 45.3 Å². The molecule has 5 heterocycles. The number of nitrogens with one attached hydrogen (secondary N) is 1. The number of piperidine rings is 2. The van der Waals surface area contributed by atoms with Gasteiger partial charge < -0.3 is 24.3 Å². The predicted molar refractivity (Wildman–Crippen MR) is 202 cm³/mol. The van der Waals surface area contributed by atoms with Gasteiger partial charge in [0, 0.05) is 25.2 Å². The van der Waals surface area contributed by atoms with E-state index in [2.05, 4.69) is 68.3 Å². The van der Waals surface area contributed by atoms with Crippen LogP contribution in [0.3, 0.4) is 0 Å². The Morgan fingerprint density at radius 3 is 1.98 bits per heavy atom. The topological polar surface area (TPSA) is 110 Å². The predicted octanol–water partition coefficient (Wildman–Crippen LogP) is 6.66. The Hall–Kier alpha value is -3.00. The number of benzene rings is 1. The Kier molecular flexibility index (Phi) is 13.9. The number of rotatable bonds is 11. The Labute approximate surface area is 316 Å². The van der Waals surface area contributed by atoms with E-state index in [0.717, 1.165) is 75.5 Å². The third-order valence-corrected chi connectivity index (χ3v) is 9.32. The average Bonchev–Trinajstić information content (AvgIpc) is 3.08. The molecule has 2 aromatic heterocycles. The molecule has 0 saturated carbocycles. The molecule has 0 unspecified atom stereocenters. The molecule has 0 bridgehead atoms. The summed E-state index contributed by atoms with van der Waals surface area (Å²) in [6, 6.07) is 4.42. The van der Waals surface area contributed by atoms with Gasteiger partial charge in [0.15, 0.2) is 34.6 Å². The molecule has 0 aliphatic carbocycles. The van der Waals surface area contributed by atoms with Gasteiger partial charge in [0.1, 0.15) is 5.60 Å². The van der Waals surface area contributed by atoms with Crippen molar-refractivity contribution in [2.75, 3.05) is 57.0 Å². The molecule has 1 aromatic carbocycles. The highest BCUT2D eigenvalue weighted by molar-refractivity contribution is 6.28. The Morgan fingerprint density at radius 1 is 0.880 bits per heavy atom. The van der Waals surface area contributed by atoms with Crippen LogP contribution >= 0.6 is 48.0 Å². The third-order valence-electron chi connectivity index (χ3n) is 8.96. The smallest absolute Gasteiger partial charge is 0.224 e. The molecule has 2 saturated heterocycles. The molecule has 12 nitrogen and oxygen atoms in total. The maximum absolute atomic E-state index is 6.46. The van der Waals surface area contributed by atoms with Gasteiger partial charge in [-0.15, -0.1) is 24.8 Å². The fraction of sp³-hybridized carbons (Fsp3) is 0.529. The van der Waals surface area contributed by atoms with Gasteiger partial charge in [-0.1, -0.05) is 6.08 Å². The van der Waals surface area contributed by atoms with Crippen LogP contribution in [0.5, 0.6) is 23.0 Å². The number of aromatic nitrogens is 4. The first kappa shape index (κ1) is 39.8. The fourth-order valence-electron chi connectivity index (χ4n) is 6.69. The number of hydrazine groups is 1. The number of fused-ring (bicyclic) bond motifs is 1. The maximum atomic E-state index is 6.46. The van der Waals surface area contributed by atoms with Crippen molar-refractivity contribution in [3.05, 3.63) is 52.3 Å². The fourth-order valence-corrected chi connectivity index (χ4v) is 6.95. The zero-order chi connectivity index (χ0) is 33.8. The van der Waals surface area contributed by atoms with Gasteiger partial charge in [0.2, 0.25) is 10.6 Å². The molecule has 3 aliphatic heterocycles. The molecule has 50 heavy (non-hydrogen) atoms. The van der Waals surface area contributed by atoms with Gasteiger partial charge in [0.25, 0.3) is 0 Å². The second-order valence-corrected chi connectivity index (χ2v) is 13.4. The minimum atomic E-state index is -0.381. The first-order valence-electron chi connectivity index (χ1n) is 16.5. The number of hydrogen-bond donors (Lipinski definition) is 1.